The molecule has 0 bridgehead atoms. The molecule has 0 aliphatic rings. The zero-order chi connectivity index (χ0) is 30.3. The molecule has 9 heteroatoms. The number of benzene rings is 3. The molecule has 44 heavy (non-hydrogen) atoms. The highest BCUT2D eigenvalue weighted by Gasteiger charge is 2.15. The third kappa shape index (κ3) is 6.58. The van der Waals surface area contributed by atoms with Gasteiger partial charge in [0.15, 0.2) is 5.82 Å². The molecule has 0 saturated heterocycles. The van der Waals surface area contributed by atoms with E-state index in [1.54, 1.807) is 0 Å². The molecule has 0 aliphatic carbocycles. The second kappa shape index (κ2) is 13.7. The van der Waals surface area contributed by atoms with Crippen LogP contribution < -0.4 is 19.6 Å². The van der Waals surface area contributed by atoms with Gasteiger partial charge in [0.2, 0.25) is 4.96 Å². The highest BCUT2D eigenvalue weighted by atomic mass is 32.1. The number of hydrogen-bond acceptors (Lipinski definition) is 7. The van der Waals surface area contributed by atoms with Crippen molar-refractivity contribution in [1.82, 2.24) is 24.4 Å². The highest BCUT2D eigenvalue weighted by Crippen LogP contribution is 2.27. The Morgan fingerprint density at radius 2 is 1.48 bits per heavy atom. The van der Waals surface area contributed by atoms with Crippen LogP contribution in [0.4, 0.5) is 0 Å². The van der Waals surface area contributed by atoms with Crippen molar-refractivity contribution < 1.29 is 9.47 Å². The molecule has 3 aromatic carbocycles. The molecule has 6 rings (SSSR count). The summed E-state index contributed by atoms with van der Waals surface area (Å²) in [6.45, 7) is 5.66. The highest BCUT2D eigenvalue weighted by molar-refractivity contribution is 7.15. The van der Waals surface area contributed by atoms with Crippen molar-refractivity contribution in [2.45, 2.75) is 46.0 Å². The standard InChI is InChI=1S/C35H35N5O3S/c1-3-5-6-10-22-43-30-19-15-26(16-20-30)33-36-35-40(38-33)34(41)31(44-35)23-27-24-39(28-11-8-7-9-12-28)37-32(27)25-13-17-29(18-14-25)42-21-4-2/h7-9,11-20,23-24H,3-6,10,21-22H2,1-2H3/b31-23+. The summed E-state index contributed by atoms with van der Waals surface area (Å²) >= 11 is 1.31. The average Bonchev–Trinajstić information content (AvgIpc) is 3.76. The molecular formula is C35H35N5O3S. The Labute approximate surface area is 260 Å². The minimum atomic E-state index is -0.211. The Hall–Kier alpha value is -4.76. The molecule has 3 heterocycles. The van der Waals surface area contributed by atoms with Gasteiger partial charge in [-0.05, 0) is 79.6 Å². The molecule has 3 aromatic heterocycles. The van der Waals surface area contributed by atoms with Gasteiger partial charge < -0.3 is 9.47 Å². The van der Waals surface area contributed by atoms with Crippen LogP contribution in [0.15, 0.2) is 89.9 Å². The molecule has 224 valence electrons. The number of fused-ring (bicyclic) bond motifs is 1. The summed E-state index contributed by atoms with van der Waals surface area (Å²) in [6, 6.07) is 25.5. The van der Waals surface area contributed by atoms with Crippen molar-refractivity contribution in [3.63, 3.8) is 0 Å². The van der Waals surface area contributed by atoms with Gasteiger partial charge in [-0.2, -0.15) is 14.6 Å². The lowest BCUT2D eigenvalue weighted by Gasteiger charge is -2.06. The Bertz CT molecular complexity index is 1930. The molecule has 0 saturated carbocycles. The van der Waals surface area contributed by atoms with Crippen LogP contribution in [0.1, 0.15) is 51.5 Å². The van der Waals surface area contributed by atoms with Crippen molar-refractivity contribution in [2.75, 3.05) is 13.2 Å². The summed E-state index contributed by atoms with van der Waals surface area (Å²) in [4.78, 5) is 18.7. The van der Waals surface area contributed by atoms with E-state index in [0.717, 1.165) is 52.4 Å². The first-order valence-electron chi connectivity index (χ1n) is 15.2. The topological polar surface area (TPSA) is 83.5 Å². The molecule has 8 nitrogen and oxygen atoms in total. The number of nitrogens with zero attached hydrogens (tertiary/aromatic N) is 5. The molecular weight excluding hydrogens is 570 g/mol. The summed E-state index contributed by atoms with van der Waals surface area (Å²) in [5.74, 6) is 2.15. The monoisotopic (exact) mass is 605 g/mol. The maximum Gasteiger partial charge on any atom is 0.291 e. The number of rotatable bonds is 13. The van der Waals surface area contributed by atoms with Crippen LogP contribution in [0.25, 0.3) is 39.4 Å². The van der Waals surface area contributed by atoms with Crippen molar-refractivity contribution in [2.24, 2.45) is 0 Å². The zero-order valence-electron chi connectivity index (χ0n) is 25.0. The molecule has 0 radical (unpaired) electrons. The second-order valence-corrected chi connectivity index (χ2v) is 11.6. The maximum absolute atomic E-state index is 13.5. The Balaban J connectivity index is 1.29. The number of ether oxygens (including phenoxy) is 2. The average molecular weight is 606 g/mol. The SMILES string of the molecule is CCCCCCOc1ccc(-c2nc3s/c(=C/c4cn(-c5ccccc5)nc4-c4ccc(OCCC)cc4)c(=O)n3n2)cc1. The van der Waals surface area contributed by atoms with Gasteiger partial charge in [-0.3, -0.25) is 4.79 Å². The van der Waals surface area contributed by atoms with E-state index in [1.165, 1.54) is 35.1 Å². The van der Waals surface area contributed by atoms with Gasteiger partial charge in [-0.1, -0.05) is 62.6 Å². The summed E-state index contributed by atoms with van der Waals surface area (Å²) in [6.07, 6.45) is 9.43. The van der Waals surface area contributed by atoms with Crippen molar-refractivity contribution in [3.8, 4) is 39.8 Å². The molecule has 0 atom stereocenters. The smallest absolute Gasteiger partial charge is 0.291 e. The van der Waals surface area contributed by atoms with Crippen LogP contribution in [-0.4, -0.2) is 37.6 Å². The van der Waals surface area contributed by atoms with Gasteiger partial charge in [0.05, 0.1) is 23.4 Å². The first kappa shape index (κ1) is 29.3. The van der Waals surface area contributed by atoms with Gasteiger partial charge in [-0.15, -0.1) is 5.10 Å². The van der Waals surface area contributed by atoms with E-state index in [2.05, 4.69) is 23.9 Å². The molecule has 0 unspecified atom stereocenters. The summed E-state index contributed by atoms with van der Waals surface area (Å²) in [7, 11) is 0. The van der Waals surface area contributed by atoms with E-state index in [1.807, 2.05) is 95.8 Å². The predicted octanol–water partition coefficient (Wildman–Crippen LogP) is 6.97. The summed E-state index contributed by atoms with van der Waals surface area (Å²) in [5, 5.41) is 9.45. The maximum atomic E-state index is 13.5. The fourth-order valence-electron chi connectivity index (χ4n) is 4.88. The van der Waals surface area contributed by atoms with Gasteiger partial charge >= 0.3 is 0 Å². The van der Waals surface area contributed by atoms with Crippen LogP contribution in [0, 0.1) is 0 Å². The minimum Gasteiger partial charge on any atom is -0.494 e. The van der Waals surface area contributed by atoms with Crippen LogP contribution >= 0.6 is 11.3 Å². The quantitative estimate of drug-likeness (QED) is 0.132. The van der Waals surface area contributed by atoms with E-state index in [-0.39, 0.29) is 5.56 Å². The fraction of sp³-hybridized carbons (Fsp3) is 0.257. The normalized spacial score (nSPS) is 11.8. The molecule has 0 spiro atoms. The predicted molar refractivity (Wildman–Crippen MR) is 176 cm³/mol. The lowest BCUT2D eigenvalue weighted by atomic mass is 10.1. The second-order valence-electron chi connectivity index (χ2n) is 10.6. The number of thiazole rings is 1. The van der Waals surface area contributed by atoms with Crippen molar-refractivity contribution >= 4 is 22.4 Å². The van der Waals surface area contributed by atoms with E-state index in [9.17, 15) is 4.79 Å². The van der Waals surface area contributed by atoms with E-state index in [0.29, 0.717) is 28.5 Å². The van der Waals surface area contributed by atoms with E-state index >= 15 is 0 Å². The molecule has 0 aliphatic heterocycles. The van der Waals surface area contributed by atoms with Crippen LogP contribution in [-0.2, 0) is 0 Å². The number of unbranched alkanes of at least 4 members (excludes halogenated alkanes) is 3. The van der Waals surface area contributed by atoms with Crippen LogP contribution in [0.2, 0.25) is 0 Å². The van der Waals surface area contributed by atoms with Gasteiger partial charge in [0, 0.05) is 22.9 Å². The van der Waals surface area contributed by atoms with Gasteiger partial charge in [-0.25, -0.2) is 4.68 Å². The third-order valence-corrected chi connectivity index (χ3v) is 8.17. The molecule has 6 aromatic rings. The molecule has 0 fully saturated rings. The summed E-state index contributed by atoms with van der Waals surface area (Å²) < 4.78 is 15.4. The van der Waals surface area contributed by atoms with Crippen LogP contribution in [0.5, 0.6) is 11.5 Å². The molecule has 0 amide bonds. The number of para-hydroxylation sites is 1. The van der Waals surface area contributed by atoms with E-state index in [4.69, 9.17) is 14.6 Å². The van der Waals surface area contributed by atoms with Crippen molar-refractivity contribution in [1.29, 1.82) is 0 Å². The lowest BCUT2D eigenvalue weighted by molar-refractivity contribution is 0.305. The Morgan fingerprint density at radius 1 is 0.773 bits per heavy atom. The zero-order valence-corrected chi connectivity index (χ0v) is 25.8. The van der Waals surface area contributed by atoms with Crippen LogP contribution in [0.3, 0.4) is 0 Å². The Kier molecular flexibility index (Phi) is 9.12. The minimum absolute atomic E-state index is 0.211. The summed E-state index contributed by atoms with van der Waals surface area (Å²) in [5.41, 5.74) is 4.07. The molecule has 0 N–H and O–H groups in total. The first-order chi connectivity index (χ1) is 21.6. The first-order valence-corrected chi connectivity index (χ1v) is 16.0. The number of hydrogen-bond donors (Lipinski definition) is 0. The fourth-order valence-corrected chi connectivity index (χ4v) is 5.77. The lowest BCUT2D eigenvalue weighted by Crippen LogP contribution is -2.23. The largest absolute Gasteiger partial charge is 0.494 e. The van der Waals surface area contributed by atoms with E-state index < -0.39 is 0 Å². The van der Waals surface area contributed by atoms with Crippen molar-refractivity contribution in [3.05, 3.63) is 106 Å². The third-order valence-electron chi connectivity index (χ3n) is 7.21. The Morgan fingerprint density at radius 3 is 2.16 bits per heavy atom. The van der Waals surface area contributed by atoms with Gasteiger partial charge in [0.25, 0.3) is 5.56 Å². The van der Waals surface area contributed by atoms with Gasteiger partial charge in [0.1, 0.15) is 17.2 Å². The number of aromatic nitrogens is 5.